The van der Waals surface area contributed by atoms with Crippen LogP contribution in [0.4, 0.5) is 17.6 Å². The van der Waals surface area contributed by atoms with Crippen LogP contribution in [-0.2, 0) is 16.6 Å². The van der Waals surface area contributed by atoms with Crippen LogP contribution in [0.25, 0.3) is 11.3 Å². The maximum absolute atomic E-state index is 14.5. The van der Waals surface area contributed by atoms with Crippen LogP contribution >= 0.6 is 12.4 Å². The molecule has 3 aromatic rings. The van der Waals surface area contributed by atoms with Gasteiger partial charge in [-0.05, 0) is 37.4 Å². The van der Waals surface area contributed by atoms with Gasteiger partial charge in [0.05, 0.1) is 17.6 Å². The smallest absolute Gasteiger partial charge is 0.268 e. The van der Waals surface area contributed by atoms with Gasteiger partial charge in [-0.2, -0.15) is 0 Å². The number of aromatic nitrogens is 1. The number of ether oxygens (including phenoxy) is 1. The number of nitrogens with one attached hydrogen (secondary N) is 1. The van der Waals surface area contributed by atoms with Crippen molar-refractivity contribution in [3.63, 3.8) is 0 Å². The Kier molecular flexibility index (Phi) is 7.17. The highest BCUT2D eigenvalue weighted by Gasteiger charge is 2.30. The van der Waals surface area contributed by atoms with E-state index in [-0.39, 0.29) is 24.7 Å². The molecular formula is C19H17ClF4N2O3S. The fraction of sp³-hybridized carbons (Fsp3) is 0.158. The van der Waals surface area contributed by atoms with Crippen LogP contribution < -0.4 is 10.1 Å². The molecule has 3 rings (SSSR count). The summed E-state index contributed by atoms with van der Waals surface area (Å²) in [6.45, 7) is 0.118. The van der Waals surface area contributed by atoms with Crippen molar-refractivity contribution >= 4 is 22.4 Å². The van der Waals surface area contributed by atoms with Crippen molar-refractivity contribution < 1.29 is 30.7 Å². The first-order valence-corrected chi connectivity index (χ1v) is 9.74. The molecule has 0 saturated heterocycles. The molecule has 0 radical (unpaired) electrons. The van der Waals surface area contributed by atoms with E-state index in [9.17, 15) is 26.0 Å². The predicted octanol–water partition coefficient (Wildman–Crippen LogP) is 4.10. The number of rotatable bonds is 6. The lowest BCUT2D eigenvalue weighted by Gasteiger charge is -2.13. The van der Waals surface area contributed by atoms with E-state index in [1.807, 2.05) is 0 Å². The highest BCUT2D eigenvalue weighted by molar-refractivity contribution is 7.90. The minimum Gasteiger partial charge on any atom is -0.494 e. The maximum atomic E-state index is 14.5. The summed E-state index contributed by atoms with van der Waals surface area (Å²) in [5.41, 5.74) is -0.741. The van der Waals surface area contributed by atoms with Gasteiger partial charge in [0.2, 0.25) is 0 Å². The largest absolute Gasteiger partial charge is 0.494 e. The highest BCUT2D eigenvalue weighted by atomic mass is 35.5. The molecule has 0 aliphatic carbocycles. The van der Waals surface area contributed by atoms with Crippen molar-refractivity contribution in [3.05, 3.63) is 71.4 Å². The van der Waals surface area contributed by atoms with E-state index in [1.54, 1.807) is 7.05 Å². The summed E-state index contributed by atoms with van der Waals surface area (Å²) in [7, 11) is -1.74. The number of halogens is 5. The number of benzene rings is 2. The summed E-state index contributed by atoms with van der Waals surface area (Å²) in [5, 5.41) is 2.80. The predicted molar refractivity (Wildman–Crippen MR) is 105 cm³/mol. The molecular weight excluding hydrogens is 448 g/mol. The summed E-state index contributed by atoms with van der Waals surface area (Å²) >= 11 is 0. The third kappa shape index (κ3) is 4.03. The van der Waals surface area contributed by atoms with Crippen LogP contribution in [0.15, 0.2) is 47.5 Å². The van der Waals surface area contributed by atoms with E-state index < -0.39 is 49.4 Å². The second-order valence-corrected chi connectivity index (χ2v) is 7.85. The minimum absolute atomic E-state index is 0. The normalized spacial score (nSPS) is 11.3. The molecule has 0 unspecified atom stereocenters. The maximum Gasteiger partial charge on any atom is 0.268 e. The first kappa shape index (κ1) is 23.7. The van der Waals surface area contributed by atoms with Gasteiger partial charge in [-0.25, -0.2) is 30.0 Å². The van der Waals surface area contributed by atoms with E-state index in [2.05, 4.69) is 5.32 Å². The number of methoxy groups -OCH3 is 1. The molecule has 0 atom stereocenters. The van der Waals surface area contributed by atoms with Crippen LogP contribution in [-0.4, -0.2) is 26.5 Å². The summed E-state index contributed by atoms with van der Waals surface area (Å²) in [4.78, 5) is -0.594. The Morgan fingerprint density at radius 1 is 1.00 bits per heavy atom. The van der Waals surface area contributed by atoms with Gasteiger partial charge >= 0.3 is 0 Å². The topological polar surface area (TPSA) is 60.3 Å². The second kappa shape index (κ2) is 9.07. The first-order valence-electron chi connectivity index (χ1n) is 8.30. The fourth-order valence-electron chi connectivity index (χ4n) is 2.95. The Morgan fingerprint density at radius 3 is 2.17 bits per heavy atom. The number of hydrogen-bond acceptors (Lipinski definition) is 4. The molecule has 0 spiro atoms. The lowest BCUT2D eigenvalue weighted by Crippen LogP contribution is -2.15. The third-order valence-corrected chi connectivity index (χ3v) is 5.87. The SMILES string of the molecule is CNCc1cn(S(=O)(=O)c2ccc(F)c(F)c2)c(-c2c(F)cccc2F)c1OC.Cl. The van der Waals surface area contributed by atoms with Gasteiger partial charge in [-0.3, -0.25) is 0 Å². The molecule has 30 heavy (non-hydrogen) atoms. The van der Waals surface area contributed by atoms with Crippen molar-refractivity contribution in [1.82, 2.24) is 9.29 Å². The zero-order valence-corrected chi connectivity index (χ0v) is 17.4. The molecule has 2 aromatic carbocycles. The zero-order valence-electron chi connectivity index (χ0n) is 15.7. The van der Waals surface area contributed by atoms with Gasteiger partial charge in [0.25, 0.3) is 10.0 Å². The van der Waals surface area contributed by atoms with Gasteiger partial charge in [-0.15, -0.1) is 12.4 Å². The summed E-state index contributed by atoms with van der Waals surface area (Å²) in [5.74, 6) is -4.71. The van der Waals surface area contributed by atoms with Crippen molar-refractivity contribution in [1.29, 1.82) is 0 Å². The van der Waals surface area contributed by atoms with Gasteiger partial charge in [-0.1, -0.05) is 6.07 Å². The summed E-state index contributed by atoms with van der Waals surface area (Å²) in [6.07, 6.45) is 1.12. The minimum atomic E-state index is -4.55. The molecule has 1 heterocycles. The molecule has 1 N–H and O–H groups in total. The highest BCUT2D eigenvalue weighted by Crippen LogP contribution is 2.40. The lowest BCUT2D eigenvalue weighted by molar-refractivity contribution is 0.410. The van der Waals surface area contributed by atoms with Crippen LogP contribution in [0, 0.1) is 23.3 Å². The fourth-order valence-corrected chi connectivity index (χ4v) is 4.35. The van der Waals surface area contributed by atoms with E-state index in [0.717, 1.165) is 30.5 Å². The Balaban J connectivity index is 0.00000320. The molecule has 5 nitrogen and oxygen atoms in total. The van der Waals surface area contributed by atoms with E-state index in [1.165, 1.54) is 7.11 Å². The van der Waals surface area contributed by atoms with Crippen molar-refractivity contribution in [2.45, 2.75) is 11.4 Å². The van der Waals surface area contributed by atoms with Crippen LogP contribution in [0.5, 0.6) is 5.75 Å². The molecule has 0 fully saturated rings. The van der Waals surface area contributed by atoms with Gasteiger partial charge < -0.3 is 10.1 Å². The molecule has 11 heteroatoms. The standard InChI is InChI=1S/C19H16F4N2O3S.ClH/c1-24-9-11-10-25(29(26,27)12-6-7-13(20)16(23)8-12)18(19(11)28-2)17-14(21)4-3-5-15(17)22;/h3-8,10,24H,9H2,1-2H3;1H. The average molecular weight is 465 g/mol. The van der Waals surface area contributed by atoms with Crippen molar-refractivity contribution in [3.8, 4) is 17.0 Å². The second-order valence-electron chi connectivity index (χ2n) is 6.04. The van der Waals surface area contributed by atoms with Crippen LogP contribution in [0.1, 0.15) is 5.56 Å². The molecule has 162 valence electrons. The third-order valence-electron chi connectivity index (χ3n) is 4.22. The molecule has 0 aliphatic rings. The Bertz CT molecular complexity index is 1160. The van der Waals surface area contributed by atoms with Gasteiger partial charge in [0.1, 0.15) is 23.1 Å². The van der Waals surface area contributed by atoms with Crippen molar-refractivity contribution in [2.75, 3.05) is 14.2 Å². The molecule has 0 saturated carbocycles. The Morgan fingerprint density at radius 2 is 1.63 bits per heavy atom. The van der Waals surface area contributed by atoms with E-state index in [4.69, 9.17) is 4.74 Å². The number of nitrogens with zero attached hydrogens (tertiary/aromatic N) is 1. The zero-order chi connectivity index (χ0) is 21.3. The summed E-state index contributed by atoms with van der Waals surface area (Å²) < 4.78 is 88.1. The van der Waals surface area contributed by atoms with Gasteiger partial charge in [0.15, 0.2) is 11.6 Å². The average Bonchev–Trinajstić information content (AvgIpc) is 3.03. The quantitative estimate of drug-likeness (QED) is 0.558. The first-order chi connectivity index (χ1) is 13.7. The summed E-state index contributed by atoms with van der Waals surface area (Å²) in [6, 6.07) is 5.08. The van der Waals surface area contributed by atoms with Crippen LogP contribution in [0.3, 0.4) is 0 Å². The van der Waals surface area contributed by atoms with Crippen LogP contribution in [0.2, 0.25) is 0 Å². The van der Waals surface area contributed by atoms with E-state index in [0.29, 0.717) is 21.7 Å². The monoisotopic (exact) mass is 464 g/mol. The molecule has 0 amide bonds. The van der Waals surface area contributed by atoms with E-state index >= 15 is 0 Å². The van der Waals surface area contributed by atoms with Gasteiger partial charge in [0, 0.05) is 18.3 Å². The molecule has 0 aliphatic heterocycles. The molecule has 0 bridgehead atoms. The lowest BCUT2D eigenvalue weighted by atomic mass is 10.1. The van der Waals surface area contributed by atoms with Crippen molar-refractivity contribution in [2.24, 2.45) is 0 Å². The molecule has 1 aromatic heterocycles. The number of hydrogen-bond donors (Lipinski definition) is 1. The Hall–Kier alpha value is -2.56. The Labute approximate surface area is 176 Å².